The van der Waals surface area contributed by atoms with E-state index in [1.165, 1.54) is 11.3 Å². The Hall–Kier alpha value is -1.73. The Bertz CT molecular complexity index is 694. The highest BCUT2D eigenvalue weighted by molar-refractivity contribution is 7.13. The first-order chi connectivity index (χ1) is 11.0. The molecule has 0 spiro atoms. The van der Waals surface area contributed by atoms with Gasteiger partial charge in [0.2, 0.25) is 0 Å². The van der Waals surface area contributed by atoms with Gasteiger partial charge in [0, 0.05) is 38.8 Å². The standard InChI is InChI=1S/C16H22N4O2S/c1-11-9-14(18-22-11)10-19-5-4-6-20(8-7-19)16(21)15-12(2)17-13(3)23-15/h9H,4-8,10H2,1-3H3. The normalized spacial score (nSPS) is 16.6. The topological polar surface area (TPSA) is 62.5 Å². The van der Waals surface area contributed by atoms with Crippen LogP contribution in [0, 0.1) is 20.8 Å². The van der Waals surface area contributed by atoms with Crippen molar-refractivity contribution in [3.8, 4) is 0 Å². The summed E-state index contributed by atoms with van der Waals surface area (Å²) in [6.45, 7) is 9.89. The van der Waals surface area contributed by atoms with Gasteiger partial charge in [0.15, 0.2) is 0 Å². The van der Waals surface area contributed by atoms with Crippen LogP contribution in [0.3, 0.4) is 0 Å². The van der Waals surface area contributed by atoms with Crippen LogP contribution < -0.4 is 0 Å². The fourth-order valence-electron chi connectivity index (χ4n) is 2.93. The molecule has 0 atom stereocenters. The number of aromatic nitrogens is 2. The minimum absolute atomic E-state index is 0.118. The van der Waals surface area contributed by atoms with Crippen LogP contribution in [-0.2, 0) is 6.54 Å². The lowest BCUT2D eigenvalue weighted by Gasteiger charge is -2.21. The Balaban J connectivity index is 1.62. The third kappa shape index (κ3) is 3.79. The summed E-state index contributed by atoms with van der Waals surface area (Å²) in [5.74, 6) is 0.954. The maximum absolute atomic E-state index is 12.7. The van der Waals surface area contributed by atoms with Crippen molar-refractivity contribution < 1.29 is 9.32 Å². The second-order valence-electron chi connectivity index (χ2n) is 6.00. The van der Waals surface area contributed by atoms with Crippen molar-refractivity contribution in [2.75, 3.05) is 26.2 Å². The van der Waals surface area contributed by atoms with Gasteiger partial charge < -0.3 is 9.42 Å². The molecule has 2 aromatic rings. The molecule has 7 heteroatoms. The number of nitrogens with zero attached hydrogens (tertiary/aromatic N) is 4. The van der Waals surface area contributed by atoms with Gasteiger partial charge in [-0.25, -0.2) is 4.98 Å². The van der Waals surface area contributed by atoms with E-state index in [0.717, 1.165) is 66.2 Å². The molecular weight excluding hydrogens is 312 g/mol. The molecule has 0 aromatic carbocycles. The average Bonchev–Trinajstić information content (AvgIpc) is 2.96. The number of amides is 1. The van der Waals surface area contributed by atoms with Gasteiger partial charge in [-0.3, -0.25) is 9.69 Å². The van der Waals surface area contributed by atoms with Crippen molar-refractivity contribution in [2.24, 2.45) is 0 Å². The van der Waals surface area contributed by atoms with E-state index in [4.69, 9.17) is 4.52 Å². The van der Waals surface area contributed by atoms with Crippen molar-refractivity contribution in [3.63, 3.8) is 0 Å². The maximum Gasteiger partial charge on any atom is 0.265 e. The molecule has 0 saturated carbocycles. The molecule has 0 aliphatic carbocycles. The van der Waals surface area contributed by atoms with Gasteiger partial charge >= 0.3 is 0 Å². The summed E-state index contributed by atoms with van der Waals surface area (Å²) in [5, 5.41) is 5.00. The van der Waals surface area contributed by atoms with Gasteiger partial charge in [-0.2, -0.15) is 0 Å². The predicted molar refractivity (Wildman–Crippen MR) is 88.6 cm³/mol. The molecule has 3 heterocycles. The van der Waals surface area contributed by atoms with E-state index in [1.54, 1.807) is 0 Å². The average molecular weight is 334 g/mol. The second-order valence-corrected chi connectivity index (χ2v) is 7.20. The second kappa shape index (κ2) is 6.80. The minimum atomic E-state index is 0.118. The van der Waals surface area contributed by atoms with Crippen LogP contribution in [0.2, 0.25) is 0 Å². The molecule has 0 bridgehead atoms. The number of carbonyl (C=O) groups is 1. The molecular formula is C16H22N4O2S. The summed E-state index contributed by atoms with van der Waals surface area (Å²) in [6, 6.07) is 1.97. The minimum Gasteiger partial charge on any atom is -0.361 e. The monoisotopic (exact) mass is 334 g/mol. The Morgan fingerprint density at radius 1 is 1.26 bits per heavy atom. The Morgan fingerprint density at radius 3 is 2.74 bits per heavy atom. The molecule has 0 N–H and O–H groups in total. The van der Waals surface area contributed by atoms with Crippen LogP contribution in [0.4, 0.5) is 0 Å². The zero-order chi connectivity index (χ0) is 16.4. The van der Waals surface area contributed by atoms with E-state index in [1.807, 2.05) is 31.7 Å². The highest BCUT2D eigenvalue weighted by atomic mass is 32.1. The molecule has 0 radical (unpaired) electrons. The van der Waals surface area contributed by atoms with Crippen molar-refractivity contribution >= 4 is 17.2 Å². The molecule has 6 nitrogen and oxygen atoms in total. The third-order valence-corrected chi connectivity index (χ3v) is 5.10. The van der Waals surface area contributed by atoms with Gasteiger partial charge in [0.05, 0.1) is 16.4 Å². The lowest BCUT2D eigenvalue weighted by Crippen LogP contribution is -2.35. The predicted octanol–water partition coefficient (Wildman–Crippen LogP) is 2.40. The van der Waals surface area contributed by atoms with Crippen LogP contribution in [0.15, 0.2) is 10.6 Å². The fourth-order valence-corrected chi connectivity index (χ4v) is 3.81. The molecule has 1 aliphatic heterocycles. The van der Waals surface area contributed by atoms with E-state index >= 15 is 0 Å². The molecule has 1 aliphatic rings. The summed E-state index contributed by atoms with van der Waals surface area (Å²) in [4.78, 5) is 22.1. The molecule has 1 amide bonds. The van der Waals surface area contributed by atoms with Crippen LogP contribution in [-0.4, -0.2) is 52.0 Å². The number of rotatable bonds is 3. The molecule has 1 saturated heterocycles. The van der Waals surface area contributed by atoms with Crippen molar-refractivity contribution in [1.29, 1.82) is 0 Å². The largest absolute Gasteiger partial charge is 0.361 e. The summed E-state index contributed by atoms with van der Waals surface area (Å²) >= 11 is 1.49. The van der Waals surface area contributed by atoms with Gasteiger partial charge in [-0.1, -0.05) is 5.16 Å². The van der Waals surface area contributed by atoms with Crippen LogP contribution in [0.1, 0.15) is 38.2 Å². The number of aryl methyl sites for hydroxylation is 3. The number of hydrogen-bond donors (Lipinski definition) is 0. The van der Waals surface area contributed by atoms with E-state index in [2.05, 4.69) is 15.0 Å². The van der Waals surface area contributed by atoms with Crippen molar-refractivity contribution in [2.45, 2.75) is 33.7 Å². The number of hydrogen-bond acceptors (Lipinski definition) is 6. The van der Waals surface area contributed by atoms with Gasteiger partial charge in [0.1, 0.15) is 10.6 Å². The quantitative estimate of drug-likeness (QED) is 0.862. The first-order valence-electron chi connectivity index (χ1n) is 7.91. The molecule has 1 fully saturated rings. The first kappa shape index (κ1) is 16.1. The van der Waals surface area contributed by atoms with Gasteiger partial charge in [0.25, 0.3) is 5.91 Å². The van der Waals surface area contributed by atoms with Crippen LogP contribution >= 0.6 is 11.3 Å². The third-order valence-electron chi connectivity index (χ3n) is 4.04. The SMILES string of the molecule is Cc1cc(CN2CCCN(C(=O)c3sc(C)nc3C)CC2)no1. The van der Waals surface area contributed by atoms with Crippen LogP contribution in [0.5, 0.6) is 0 Å². The lowest BCUT2D eigenvalue weighted by atomic mass is 10.3. The summed E-state index contributed by atoms with van der Waals surface area (Å²) in [7, 11) is 0. The van der Waals surface area contributed by atoms with E-state index in [-0.39, 0.29) is 5.91 Å². The molecule has 0 unspecified atom stereocenters. The summed E-state index contributed by atoms with van der Waals surface area (Å²) in [6.07, 6.45) is 0.972. The highest BCUT2D eigenvalue weighted by Crippen LogP contribution is 2.20. The smallest absolute Gasteiger partial charge is 0.265 e. The Morgan fingerprint density at radius 2 is 2.09 bits per heavy atom. The highest BCUT2D eigenvalue weighted by Gasteiger charge is 2.23. The van der Waals surface area contributed by atoms with E-state index < -0.39 is 0 Å². The Kier molecular flexibility index (Phi) is 4.77. The fraction of sp³-hybridized carbons (Fsp3) is 0.562. The zero-order valence-corrected chi connectivity index (χ0v) is 14.7. The Labute approximate surface area is 140 Å². The van der Waals surface area contributed by atoms with Crippen molar-refractivity contribution in [3.05, 3.63) is 33.1 Å². The van der Waals surface area contributed by atoms with Gasteiger partial charge in [-0.05, 0) is 27.2 Å². The molecule has 2 aromatic heterocycles. The molecule has 3 rings (SSSR count). The van der Waals surface area contributed by atoms with E-state index in [9.17, 15) is 4.79 Å². The molecule has 23 heavy (non-hydrogen) atoms. The maximum atomic E-state index is 12.7. The summed E-state index contributed by atoms with van der Waals surface area (Å²) in [5.41, 5.74) is 1.80. The number of thiazole rings is 1. The summed E-state index contributed by atoms with van der Waals surface area (Å²) < 4.78 is 5.12. The van der Waals surface area contributed by atoms with E-state index in [0.29, 0.717) is 0 Å². The number of carbonyl (C=O) groups excluding carboxylic acids is 1. The zero-order valence-electron chi connectivity index (χ0n) is 13.8. The first-order valence-corrected chi connectivity index (χ1v) is 8.72. The van der Waals surface area contributed by atoms with Crippen molar-refractivity contribution in [1.82, 2.24) is 19.9 Å². The van der Waals surface area contributed by atoms with Crippen LogP contribution in [0.25, 0.3) is 0 Å². The van der Waals surface area contributed by atoms with Gasteiger partial charge in [-0.15, -0.1) is 11.3 Å². The molecule has 124 valence electrons. The lowest BCUT2D eigenvalue weighted by molar-refractivity contribution is 0.0765.